The summed E-state index contributed by atoms with van der Waals surface area (Å²) in [5.41, 5.74) is 0.188. The van der Waals surface area contributed by atoms with Gasteiger partial charge in [0.25, 0.3) is 0 Å². The van der Waals surface area contributed by atoms with Gasteiger partial charge < -0.3 is 4.74 Å². The van der Waals surface area contributed by atoms with Crippen LogP contribution in [-0.4, -0.2) is 18.7 Å². The lowest BCUT2D eigenvalue weighted by Crippen LogP contribution is -2.25. The van der Waals surface area contributed by atoms with Gasteiger partial charge in [-0.3, -0.25) is 4.90 Å². The molecule has 1 aliphatic heterocycles. The maximum absolute atomic E-state index is 13.4. The topological polar surface area (TPSA) is 53.3 Å². The average molecular weight is 220 g/mol. The molecule has 0 aromatic heterocycles. The van der Waals surface area contributed by atoms with Crippen molar-refractivity contribution in [1.29, 1.82) is 5.26 Å². The third-order valence-electron chi connectivity index (χ3n) is 2.34. The maximum atomic E-state index is 13.4. The number of hydrogen-bond acceptors (Lipinski definition) is 3. The fourth-order valence-electron chi connectivity index (χ4n) is 1.60. The third-order valence-corrected chi connectivity index (χ3v) is 2.34. The number of rotatable bonds is 2. The fourth-order valence-corrected chi connectivity index (χ4v) is 1.60. The molecule has 1 atom stereocenters. The van der Waals surface area contributed by atoms with E-state index in [-0.39, 0.29) is 18.7 Å². The summed E-state index contributed by atoms with van der Waals surface area (Å²) in [6, 6.07) is 7.89. The Hall–Kier alpha value is -2.09. The first-order chi connectivity index (χ1) is 7.72. The number of nitrogens with zero attached hydrogens (tertiary/aromatic N) is 2. The number of carbonyl (C=O) groups excluding carboxylic acids is 1. The predicted molar refractivity (Wildman–Crippen MR) is 54.2 cm³/mol. The van der Waals surface area contributed by atoms with Gasteiger partial charge in [-0.15, -0.1) is 0 Å². The molecular formula is C11H9FN2O2. The van der Waals surface area contributed by atoms with Crippen molar-refractivity contribution in [2.75, 3.05) is 11.4 Å². The van der Waals surface area contributed by atoms with Crippen molar-refractivity contribution in [3.05, 3.63) is 30.1 Å². The van der Waals surface area contributed by atoms with Crippen LogP contribution in [0.25, 0.3) is 0 Å². The molecule has 0 radical (unpaired) electrons. The Morgan fingerprint density at radius 2 is 2.31 bits per heavy atom. The van der Waals surface area contributed by atoms with Crippen LogP contribution in [0.2, 0.25) is 0 Å². The van der Waals surface area contributed by atoms with Crippen molar-refractivity contribution in [3.63, 3.8) is 0 Å². The van der Waals surface area contributed by atoms with Crippen LogP contribution in [0.15, 0.2) is 24.3 Å². The van der Waals surface area contributed by atoms with E-state index in [0.29, 0.717) is 0 Å². The van der Waals surface area contributed by atoms with Crippen molar-refractivity contribution >= 4 is 11.8 Å². The standard InChI is InChI=1S/C11H9FN2O2/c12-9-3-1-2-4-10(9)14-7-8(5-6-13)16-11(14)15/h1-4,8H,5,7H2. The zero-order valence-corrected chi connectivity index (χ0v) is 8.39. The SMILES string of the molecule is N#CCC1CN(c2ccccc2F)C(=O)O1. The lowest BCUT2D eigenvalue weighted by Gasteiger charge is -2.12. The Balaban J connectivity index is 2.21. The first-order valence-electron chi connectivity index (χ1n) is 4.82. The van der Waals surface area contributed by atoms with Gasteiger partial charge in [-0.1, -0.05) is 12.1 Å². The molecule has 0 saturated carbocycles. The Morgan fingerprint density at radius 3 is 3.00 bits per heavy atom. The maximum Gasteiger partial charge on any atom is 0.414 e. The molecule has 1 saturated heterocycles. The number of cyclic esters (lactones) is 1. The summed E-state index contributed by atoms with van der Waals surface area (Å²) < 4.78 is 18.3. The van der Waals surface area contributed by atoms with Crippen LogP contribution in [-0.2, 0) is 4.74 Å². The molecule has 1 aromatic carbocycles. The summed E-state index contributed by atoms with van der Waals surface area (Å²) in [4.78, 5) is 12.6. The zero-order chi connectivity index (χ0) is 11.5. The minimum atomic E-state index is -0.606. The van der Waals surface area contributed by atoms with E-state index in [1.165, 1.54) is 17.0 Å². The second-order valence-electron chi connectivity index (χ2n) is 3.43. The summed E-state index contributed by atoms with van der Waals surface area (Å²) >= 11 is 0. The van der Waals surface area contributed by atoms with Gasteiger partial charge in [-0.2, -0.15) is 5.26 Å². The van der Waals surface area contributed by atoms with Gasteiger partial charge in [-0.05, 0) is 12.1 Å². The number of ether oxygens (including phenoxy) is 1. The van der Waals surface area contributed by atoms with Gasteiger partial charge in [0.05, 0.1) is 24.7 Å². The van der Waals surface area contributed by atoms with E-state index in [0.717, 1.165) is 0 Å². The molecule has 2 rings (SSSR count). The van der Waals surface area contributed by atoms with Gasteiger partial charge >= 0.3 is 6.09 Å². The predicted octanol–water partition coefficient (Wildman–Crippen LogP) is 2.06. The fraction of sp³-hybridized carbons (Fsp3) is 0.273. The minimum absolute atomic E-state index is 0.122. The molecule has 82 valence electrons. The van der Waals surface area contributed by atoms with Gasteiger partial charge in [0.1, 0.15) is 11.9 Å². The molecule has 0 N–H and O–H groups in total. The number of benzene rings is 1. The first-order valence-corrected chi connectivity index (χ1v) is 4.82. The molecule has 4 nitrogen and oxygen atoms in total. The van der Waals surface area contributed by atoms with E-state index < -0.39 is 18.0 Å². The summed E-state index contributed by atoms with van der Waals surface area (Å²) in [7, 11) is 0. The summed E-state index contributed by atoms with van der Waals surface area (Å²) in [5, 5.41) is 8.49. The van der Waals surface area contributed by atoms with Crippen molar-refractivity contribution in [2.24, 2.45) is 0 Å². The lowest BCUT2D eigenvalue weighted by molar-refractivity contribution is 0.143. The molecule has 1 fully saturated rings. The highest BCUT2D eigenvalue weighted by atomic mass is 19.1. The van der Waals surface area contributed by atoms with Crippen LogP contribution in [0.4, 0.5) is 14.9 Å². The minimum Gasteiger partial charge on any atom is -0.443 e. The van der Waals surface area contributed by atoms with Crippen LogP contribution < -0.4 is 4.90 Å². The summed E-state index contributed by atoms with van der Waals surface area (Å²) in [6.07, 6.45) is -0.959. The normalized spacial score (nSPS) is 19.4. The number of hydrogen-bond donors (Lipinski definition) is 0. The molecule has 1 aromatic rings. The van der Waals surface area contributed by atoms with Gasteiger partial charge in [0, 0.05) is 0 Å². The molecule has 16 heavy (non-hydrogen) atoms. The van der Waals surface area contributed by atoms with E-state index >= 15 is 0 Å². The van der Waals surface area contributed by atoms with Crippen LogP contribution in [0.1, 0.15) is 6.42 Å². The molecule has 5 heteroatoms. The molecule has 0 aliphatic carbocycles. The van der Waals surface area contributed by atoms with Crippen molar-refractivity contribution < 1.29 is 13.9 Å². The highest BCUT2D eigenvalue weighted by molar-refractivity contribution is 5.89. The van der Waals surface area contributed by atoms with Crippen molar-refractivity contribution in [3.8, 4) is 6.07 Å². The van der Waals surface area contributed by atoms with Gasteiger partial charge in [0.2, 0.25) is 0 Å². The van der Waals surface area contributed by atoms with Gasteiger partial charge in [-0.25, -0.2) is 9.18 Å². The van der Waals surface area contributed by atoms with E-state index in [2.05, 4.69) is 0 Å². The van der Waals surface area contributed by atoms with Crippen molar-refractivity contribution in [1.82, 2.24) is 0 Å². The number of carbonyl (C=O) groups is 1. The Bertz CT molecular complexity index is 456. The first kappa shape index (κ1) is 10.4. The number of para-hydroxylation sites is 1. The second kappa shape index (κ2) is 4.19. The Kier molecular flexibility index (Phi) is 2.73. The molecule has 1 aliphatic rings. The molecule has 1 heterocycles. The number of anilines is 1. The number of nitriles is 1. The largest absolute Gasteiger partial charge is 0.443 e. The third kappa shape index (κ3) is 1.82. The highest BCUT2D eigenvalue weighted by Crippen LogP contribution is 2.24. The van der Waals surface area contributed by atoms with Gasteiger partial charge in [0.15, 0.2) is 0 Å². The van der Waals surface area contributed by atoms with E-state index in [4.69, 9.17) is 10.00 Å². The number of halogens is 1. The van der Waals surface area contributed by atoms with Crippen LogP contribution in [0.3, 0.4) is 0 Å². The number of amides is 1. The van der Waals surface area contributed by atoms with E-state index in [1.54, 1.807) is 12.1 Å². The molecule has 0 bridgehead atoms. The van der Waals surface area contributed by atoms with Crippen LogP contribution in [0, 0.1) is 17.1 Å². The Morgan fingerprint density at radius 1 is 1.56 bits per heavy atom. The second-order valence-corrected chi connectivity index (χ2v) is 3.43. The zero-order valence-electron chi connectivity index (χ0n) is 8.39. The van der Waals surface area contributed by atoms with Crippen molar-refractivity contribution in [2.45, 2.75) is 12.5 Å². The molecule has 1 amide bonds. The van der Waals surface area contributed by atoms with E-state index in [9.17, 15) is 9.18 Å². The lowest BCUT2D eigenvalue weighted by atomic mass is 10.2. The summed E-state index contributed by atoms with van der Waals surface area (Å²) in [6.45, 7) is 0.216. The molecule has 1 unspecified atom stereocenters. The molecule has 0 spiro atoms. The molecular weight excluding hydrogens is 211 g/mol. The van der Waals surface area contributed by atoms with Crippen LogP contribution in [0.5, 0.6) is 0 Å². The summed E-state index contributed by atoms with van der Waals surface area (Å²) in [5.74, 6) is -0.475. The quantitative estimate of drug-likeness (QED) is 0.766. The van der Waals surface area contributed by atoms with Crippen LogP contribution >= 0.6 is 0 Å². The average Bonchev–Trinajstić information content (AvgIpc) is 2.61. The highest BCUT2D eigenvalue weighted by Gasteiger charge is 2.33. The Labute approximate surface area is 91.8 Å². The van der Waals surface area contributed by atoms with E-state index in [1.807, 2.05) is 6.07 Å². The smallest absolute Gasteiger partial charge is 0.414 e. The monoisotopic (exact) mass is 220 g/mol.